The smallest absolute Gasteiger partial charge is 0.416 e. The third-order valence-electron chi connectivity index (χ3n) is 6.90. The Labute approximate surface area is 236 Å². The largest absolute Gasteiger partial charge is 0.463 e. The maximum Gasteiger partial charge on any atom is 0.416 e. The van der Waals surface area contributed by atoms with Crippen molar-refractivity contribution in [3.63, 3.8) is 0 Å². The lowest BCUT2D eigenvalue weighted by atomic mass is 9.93. The average molecular weight is 593 g/mol. The Morgan fingerprint density at radius 3 is 2.27 bits per heavy atom. The van der Waals surface area contributed by atoms with Crippen LogP contribution in [0.4, 0.5) is 18.0 Å². The summed E-state index contributed by atoms with van der Waals surface area (Å²) in [6, 6.07) is 10.7. The van der Waals surface area contributed by atoms with Crippen LogP contribution in [0, 0.1) is 0 Å². The highest BCUT2D eigenvalue weighted by Crippen LogP contribution is 2.35. The van der Waals surface area contributed by atoms with Crippen molar-refractivity contribution in [3.05, 3.63) is 89.6 Å². The zero-order valence-electron chi connectivity index (χ0n) is 22.4. The maximum atomic E-state index is 13.3. The molecule has 2 aromatic carbocycles. The minimum Gasteiger partial charge on any atom is -0.463 e. The third-order valence-corrected chi connectivity index (χ3v) is 8.82. The van der Waals surface area contributed by atoms with E-state index in [4.69, 9.17) is 4.74 Å². The SMILES string of the molecule is C=CCN1C(=O)NC(c2ccc(C(F)(F)F)cc2)C(C(=O)OCC)=C1CN1CCN(S(=O)(=O)c2ccccc2)CC1. The fraction of sp³-hybridized carbons (Fsp3) is 0.357. The molecule has 220 valence electrons. The number of alkyl halides is 3. The number of hydrogen-bond acceptors (Lipinski definition) is 6. The van der Waals surface area contributed by atoms with Gasteiger partial charge in [-0.1, -0.05) is 36.4 Å². The van der Waals surface area contributed by atoms with Crippen molar-refractivity contribution in [3.8, 4) is 0 Å². The number of halogens is 3. The molecule has 4 rings (SSSR count). The quantitative estimate of drug-likeness (QED) is 0.352. The van der Waals surface area contributed by atoms with Gasteiger partial charge in [0, 0.05) is 45.0 Å². The Kier molecular flexibility index (Phi) is 9.20. The summed E-state index contributed by atoms with van der Waals surface area (Å²) >= 11 is 0. The van der Waals surface area contributed by atoms with E-state index in [0.717, 1.165) is 12.1 Å². The molecule has 1 N–H and O–H groups in total. The Balaban J connectivity index is 1.66. The Bertz CT molecular complexity index is 1400. The van der Waals surface area contributed by atoms with Gasteiger partial charge in [-0.15, -0.1) is 6.58 Å². The summed E-state index contributed by atoms with van der Waals surface area (Å²) < 4.78 is 72.3. The number of amides is 2. The monoisotopic (exact) mass is 592 g/mol. The number of sulfonamides is 1. The van der Waals surface area contributed by atoms with E-state index in [2.05, 4.69) is 11.9 Å². The number of carbonyl (C=O) groups is 2. The molecule has 2 heterocycles. The molecule has 2 aliphatic rings. The average Bonchev–Trinajstić information content (AvgIpc) is 2.95. The lowest BCUT2D eigenvalue weighted by Crippen LogP contribution is -2.53. The maximum absolute atomic E-state index is 13.3. The summed E-state index contributed by atoms with van der Waals surface area (Å²) in [6.45, 7) is 6.55. The Hall–Kier alpha value is -3.68. The molecule has 1 saturated heterocycles. The summed E-state index contributed by atoms with van der Waals surface area (Å²) in [4.78, 5) is 30.0. The van der Waals surface area contributed by atoms with Gasteiger partial charge in [0.25, 0.3) is 0 Å². The zero-order valence-corrected chi connectivity index (χ0v) is 23.2. The van der Waals surface area contributed by atoms with Gasteiger partial charge >= 0.3 is 18.2 Å². The Morgan fingerprint density at radius 2 is 1.71 bits per heavy atom. The molecule has 2 aliphatic heterocycles. The first kappa shape index (κ1) is 30.3. The molecule has 0 aliphatic carbocycles. The minimum absolute atomic E-state index is 0.0424. The van der Waals surface area contributed by atoms with E-state index in [-0.39, 0.29) is 48.8 Å². The lowest BCUT2D eigenvalue weighted by Gasteiger charge is -2.40. The normalized spacial score (nSPS) is 19.2. The highest BCUT2D eigenvalue weighted by Gasteiger charge is 2.40. The van der Waals surface area contributed by atoms with Crippen LogP contribution >= 0.6 is 0 Å². The molecule has 13 heteroatoms. The molecule has 1 atom stereocenters. The molecular weight excluding hydrogens is 561 g/mol. The molecule has 1 unspecified atom stereocenters. The van der Waals surface area contributed by atoms with Crippen LogP contribution in [0.25, 0.3) is 0 Å². The molecule has 1 fully saturated rings. The summed E-state index contributed by atoms with van der Waals surface area (Å²) in [5.41, 5.74) is -0.172. The number of nitrogens with zero attached hydrogens (tertiary/aromatic N) is 3. The zero-order chi connectivity index (χ0) is 29.8. The van der Waals surface area contributed by atoms with Gasteiger partial charge < -0.3 is 10.1 Å². The van der Waals surface area contributed by atoms with Crippen LogP contribution in [0.2, 0.25) is 0 Å². The number of piperazine rings is 1. The van der Waals surface area contributed by atoms with E-state index in [0.29, 0.717) is 18.8 Å². The van der Waals surface area contributed by atoms with Gasteiger partial charge in [-0.25, -0.2) is 18.0 Å². The molecule has 0 saturated carbocycles. The molecular formula is C28H31F3N4O5S. The fourth-order valence-corrected chi connectivity index (χ4v) is 6.28. The van der Waals surface area contributed by atoms with E-state index >= 15 is 0 Å². The number of benzene rings is 2. The third kappa shape index (κ3) is 6.63. The minimum atomic E-state index is -4.55. The summed E-state index contributed by atoms with van der Waals surface area (Å²) in [6.07, 6.45) is -3.05. The molecule has 0 radical (unpaired) electrons. The van der Waals surface area contributed by atoms with Gasteiger partial charge in [0.05, 0.1) is 28.7 Å². The summed E-state index contributed by atoms with van der Waals surface area (Å²) in [7, 11) is -3.68. The van der Waals surface area contributed by atoms with Crippen LogP contribution in [-0.4, -0.2) is 80.4 Å². The molecule has 2 amide bonds. The molecule has 41 heavy (non-hydrogen) atoms. The van der Waals surface area contributed by atoms with E-state index in [9.17, 15) is 31.2 Å². The molecule has 0 bridgehead atoms. The molecule has 0 aromatic heterocycles. The van der Waals surface area contributed by atoms with Gasteiger partial charge in [0.2, 0.25) is 10.0 Å². The van der Waals surface area contributed by atoms with Crippen molar-refractivity contribution in [2.75, 3.05) is 45.9 Å². The first-order chi connectivity index (χ1) is 19.5. The van der Waals surface area contributed by atoms with Gasteiger partial charge in [0.1, 0.15) is 0 Å². The number of nitrogens with one attached hydrogen (secondary N) is 1. The van der Waals surface area contributed by atoms with Crippen LogP contribution < -0.4 is 5.32 Å². The molecule has 0 spiro atoms. The van der Waals surface area contributed by atoms with Crippen molar-refractivity contribution < 1.29 is 35.9 Å². The first-order valence-corrected chi connectivity index (χ1v) is 14.4. The van der Waals surface area contributed by atoms with Gasteiger partial charge in [-0.05, 0) is 36.8 Å². The van der Waals surface area contributed by atoms with Crippen LogP contribution in [0.1, 0.15) is 24.1 Å². The topological polar surface area (TPSA) is 99.3 Å². The second-order valence-corrected chi connectivity index (χ2v) is 11.4. The fourth-order valence-electron chi connectivity index (χ4n) is 4.84. The van der Waals surface area contributed by atoms with Crippen molar-refractivity contribution in [1.82, 2.24) is 19.4 Å². The highest BCUT2D eigenvalue weighted by molar-refractivity contribution is 7.89. The van der Waals surface area contributed by atoms with Crippen molar-refractivity contribution in [2.45, 2.75) is 24.0 Å². The number of ether oxygens (including phenoxy) is 1. The van der Waals surface area contributed by atoms with E-state index in [1.54, 1.807) is 25.1 Å². The standard InChI is InChI=1S/C28H31F3N4O5S/c1-3-14-35-23(19-33-15-17-34(18-16-33)41(38,39)22-8-6-5-7-9-22)24(26(36)40-4-2)25(32-27(35)37)20-10-12-21(13-11-20)28(29,30)31/h3,5-13,25H,1,4,14-19H2,2H3,(H,32,37). The first-order valence-electron chi connectivity index (χ1n) is 13.0. The van der Waals surface area contributed by atoms with Crippen molar-refractivity contribution in [2.24, 2.45) is 0 Å². The van der Waals surface area contributed by atoms with Crippen molar-refractivity contribution >= 4 is 22.0 Å². The number of esters is 1. The van der Waals surface area contributed by atoms with E-state index < -0.39 is 39.8 Å². The molecule has 9 nitrogen and oxygen atoms in total. The van der Waals surface area contributed by atoms with Gasteiger partial charge in [-0.3, -0.25) is 9.80 Å². The number of carbonyl (C=O) groups excluding carboxylic acids is 2. The van der Waals surface area contributed by atoms with Gasteiger partial charge in [-0.2, -0.15) is 17.5 Å². The second kappa shape index (κ2) is 12.5. The van der Waals surface area contributed by atoms with E-state index in [1.165, 1.54) is 39.5 Å². The van der Waals surface area contributed by atoms with Crippen LogP contribution in [0.15, 0.2) is 83.4 Å². The number of urea groups is 1. The van der Waals surface area contributed by atoms with Crippen LogP contribution in [0.3, 0.4) is 0 Å². The predicted molar refractivity (Wildman–Crippen MR) is 145 cm³/mol. The molecule has 2 aromatic rings. The van der Waals surface area contributed by atoms with Crippen LogP contribution in [0.5, 0.6) is 0 Å². The number of hydrogen-bond donors (Lipinski definition) is 1. The van der Waals surface area contributed by atoms with Crippen molar-refractivity contribution in [1.29, 1.82) is 0 Å². The van der Waals surface area contributed by atoms with E-state index in [1.807, 2.05) is 4.90 Å². The lowest BCUT2D eigenvalue weighted by molar-refractivity contribution is -0.139. The summed E-state index contributed by atoms with van der Waals surface area (Å²) in [5.74, 6) is -0.716. The Morgan fingerprint density at radius 1 is 1.07 bits per heavy atom. The summed E-state index contributed by atoms with van der Waals surface area (Å²) in [5, 5.41) is 2.72. The van der Waals surface area contributed by atoms with Crippen LogP contribution in [-0.2, 0) is 25.7 Å². The highest BCUT2D eigenvalue weighted by atomic mass is 32.2. The second-order valence-electron chi connectivity index (χ2n) is 9.48. The van der Waals surface area contributed by atoms with Gasteiger partial charge in [0.15, 0.2) is 0 Å². The predicted octanol–water partition coefficient (Wildman–Crippen LogP) is 3.78. The number of rotatable bonds is 9.